The molecule has 0 aliphatic rings. The molecular formula is C12H22N4O. The predicted octanol–water partition coefficient (Wildman–Crippen LogP) is 1.21. The van der Waals surface area contributed by atoms with Crippen molar-refractivity contribution in [3.63, 3.8) is 0 Å². The van der Waals surface area contributed by atoms with Crippen LogP contribution in [0.25, 0.3) is 0 Å². The van der Waals surface area contributed by atoms with Gasteiger partial charge in [0.1, 0.15) is 17.5 Å². The molecule has 1 aromatic heterocycles. The van der Waals surface area contributed by atoms with Gasteiger partial charge in [-0.3, -0.25) is 0 Å². The third-order valence-electron chi connectivity index (χ3n) is 2.62. The summed E-state index contributed by atoms with van der Waals surface area (Å²) in [5.74, 6) is 2.54. The fourth-order valence-corrected chi connectivity index (χ4v) is 1.81. The van der Waals surface area contributed by atoms with Crippen molar-refractivity contribution in [1.82, 2.24) is 9.97 Å². The van der Waals surface area contributed by atoms with Crippen LogP contribution in [0.3, 0.4) is 0 Å². The summed E-state index contributed by atoms with van der Waals surface area (Å²) in [5, 5.41) is 12.5. The lowest BCUT2D eigenvalue weighted by molar-refractivity contribution is 0.201. The first-order chi connectivity index (χ1) is 7.99. The van der Waals surface area contributed by atoms with Crippen LogP contribution in [-0.2, 0) is 6.42 Å². The molecule has 17 heavy (non-hydrogen) atoms. The summed E-state index contributed by atoms with van der Waals surface area (Å²) in [6.45, 7) is 6.35. The van der Waals surface area contributed by atoms with Crippen molar-refractivity contribution in [3.8, 4) is 0 Å². The molecule has 0 aromatic carbocycles. The second-order valence-electron chi connectivity index (χ2n) is 4.27. The minimum atomic E-state index is -0.377. The van der Waals surface area contributed by atoms with Crippen molar-refractivity contribution in [2.45, 2.75) is 33.3 Å². The van der Waals surface area contributed by atoms with Crippen LogP contribution in [0.5, 0.6) is 0 Å². The quantitative estimate of drug-likeness (QED) is 0.807. The molecule has 0 fully saturated rings. The number of hydrogen-bond donors (Lipinski definition) is 2. The zero-order valence-electron chi connectivity index (χ0n) is 11.3. The number of aromatic nitrogens is 2. The van der Waals surface area contributed by atoms with Gasteiger partial charge in [0.15, 0.2) is 0 Å². The molecule has 1 rings (SSSR count). The summed E-state index contributed by atoms with van der Waals surface area (Å²) in [6.07, 6.45) is 0.419. The number of hydrogen-bond acceptors (Lipinski definition) is 5. The highest BCUT2D eigenvalue weighted by Crippen LogP contribution is 2.22. The molecule has 1 heterocycles. The number of rotatable bonds is 5. The van der Waals surface area contributed by atoms with Gasteiger partial charge in [-0.25, -0.2) is 9.97 Å². The Labute approximate surface area is 103 Å². The lowest BCUT2D eigenvalue weighted by atomic mass is 10.2. The summed E-state index contributed by atoms with van der Waals surface area (Å²) in [4.78, 5) is 10.9. The van der Waals surface area contributed by atoms with E-state index in [1.54, 1.807) is 6.92 Å². The van der Waals surface area contributed by atoms with Crippen LogP contribution in [0.15, 0.2) is 0 Å². The van der Waals surface area contributed by atoms with Gasteiger partial charge in [-0.15, -0.1) is 0 Å². The lowest BCUT2D eigenvalue weighted by Crippen LogP contribution is -2.29. The molecule has 0 bridgehead atoms. The molecule has 0 radical (unpaired) electrons. The SMILES string of the molecule is CCc1nc(NC)c(C)c(N(C)CC(C)O)n1. The van der Waals surface area contributed by atoms with Gasteiger partial charge in [0.25, 0.3) is 0 Å². The number of aryl methyl sites for hydroxylation is 1. The normalized spacial score (nSPS) is 12.4. The van der Waals surface area contributed by atoms with Crippen molar-refractivity contribution in [1.29, 1.82) is 0 Å². The standard InChI is InChI=1S/C12H22N4O/c1-6-10-14-11(13-4)9(3)12(15-10)16(5)7-8(2)17/h8,17H,6-7H2,1-5H3,(H,13,14,15). The first-order valence-corrected chi connectivity index (χ1v) is 5.94. The summed E-state index contributed by atoms with van der Waals surface area (Å²) >= 11 is 0. The highest BCUT2D eigenvalue weighted by Gasteiger charge is 2.14. The Morgan fingerprint density at radius 2 is 2.06 bits per heavy atom. The third-order valence-corrected chi connectivity index (χ3v) is 2.62. The molecule has 1 unspecified atom stereocenters. The van der Waals surface area contributed by atoms with E-state index in [1.165, 1.54) is 0 Å². The van der Waals surface area contributed by atoms with Gasteiger partial charge in [0, 0.05) is 32.6 Å². The fraction of sp³-hybridized carbons (Fsp3) is 0.667. The van der Waals surface area contributed by atoms with Gasteiger partial charge >= 0.3 is 0 Å². The fourth-order valence-electron chi connectivity index (χ4n) is 1.81. The summed E-state index contributed by atoms with van der Waals surface area (Å²) in [5.41, 5.74) is 1.01. The number of aliphatic hydroxyl groups excluding tert-OH is 1. The Bertz CT molecular complexity index is 379. The molecule has 96 valence electrons. The number of likely N-dealkylation sites (N-methyl/N-ethyl adjacent to an activating group) is 1. The molecule has 0 spiro atoms. The number of nitrogens with one attached hydrogen (secondary N) is 1. The second kappa shape index (κ2) is 5.82. The first-order valence-electron chi connectivity index (χ1n) is 5.94. The average Bonchev–Trinajstić information content (AvgIpc) is 2.28. The van der Waals surface area contributed by atoms with Gasteiger partial charge < -0.3 is 15.3 Å². The van der Waals surface area contributed by atoms with Crippen LogP contribution >= 0.6 is 0 Å². The number of aliphatic hydroxyl groups is 1. The molecule has 5 heteroatoms. The van der Waals surface area contributed by atoms with Crippen LogP contribution in [0.2, 0.25) is 0 Å². The topological polar surface area (TPSA) is 61.3 Å². The number of anilines is 2. The van der Waals surface area contributed by atoms with Crippen molar-refractivity contribution in [2.75, 3.05) is 30.9 Å². The van der Waals surface area contributed by atoms with E-state index in [2.05, 4.69) is 15.3 Å². The Morgan fingerprint density at radius 1 is 1.41 bits per heavy atom. The molecular weight excluding hydrogens is 216 g/mol. The smallest absolute Gasteiger partial charge is 0.137 e. The van der Waals surface area contributed by atoms with E-state index < -0.39 is 0 Å². The van der Waals surface area contributed by atoms with E-state index >= 15 is 0 Å². The van der Waals surface area contributed by atoms with Gasteiger partial charge in [0.05, 0.1) is 6.10 Å². The van der Waals surface area contributed by atoms with Crippen LogP contribution in [0.1, 0.15) is 25.2 Å². The van der Waals surface area contributed by atoms with Gasteiger partial charge in [-0.1, -0.05) is 6.92 Å². The highest BCUT2D eigenvalue weighted by atomic mass is 16.3. The van der Waals surface area contributed by atoms with E-state index in [-0.39, 0.29) is 6.10 Å². The Hall–Kier alpha value is -1.36. The van der Waals surface area contributed by atoms with Crippen LogP contribution in [0.4, 0.5) is 11.6 Å². The van der Waals surface area contributed by atoms with Crippen molar-refractivity contribution in [2.24, 2.45) is 0 Å². The van der Waals surface area contributed by atoms with E-state index in [9.17, 15) is 5.11 Å². The molecule has 0 amide bonds. The molecule has 1 aromatic rings. The number of nitrogens with zero attached hydrogens (tertiary/aromatic N) is 3. The van der Waals surface area contributed by atoms with E-state index in [4.69, 9.17) is 0 Å². The van der Waals surface area contributed by atoms with E-state index in [1.807, 2.05) is 32.8 Å². The maximum Gasteiger partial charge on any atom is 0.137 e. The monoisotopic (exact) mass is 238 g/mol. The lowest BCUT2D eigenvalue weighted by Gasteiger charge is -2.23. The zero-order chi connectivity index (χ0) is 13.0. The van der Waals surface area contributed by atoms with Crippen molar-refractivity contribution in [3.05, 3.63) is 11.4 Å². The molecule has 0 saturated carbocycles. The van der Waals surface area contributed by atoms with Crippen LogP contribution in [0, 0.1) is 6.92 Å². The maximum absolute atomic E-state index is 9.43. The van der Waals surface area contributed by atoms with Gasteiger partial charge in [-0.05, 0) is 13.8 Å². The van der Waals surface area contributed by atoms with Crippen molar-refractivity contribution >= 4 is 11.6 Å². The highest BCUT2D eigenvalue weighted by molar-refractivity contribution is 5.58. The minimum absolute atomic E-state index is 0.377. The van der Waals surface area contributed by atoms with E-state index in [0.717, 1.165) is 29.4 Å². The molecule has 0 aliphatic heterocycles. The molecule has 2 N–H and O–H groups in total. The summed E-state index contributed by atoms with van der Waals surface area (Å²) in [6, 6.07) is 0. The van der Waals surface area contributed by atoms with Crippen LogP contribution < -0.4 is 10.2 Å². The van der Waals surface area contributed by atoms with E-state index in [0.29, 0.717) is 6.54 Å². The predicted molar refractivity (Wildman–Crippen MR) is 70.6 cm³/mol. The molecule has 1 atom stereocenters. The summed E-state index contributed by atoms with van der Waals surface area (Å²) in [7, 11) is 3.79. The van der Waals surface area contributed by atoms with Crippen molar-refractivity contribution < 1.29 is 5.11 Å². The molecule has 5 nitrogen and oxygen atoms in total. The Morgan fingerprint density at radius 3 is 2.53 bits per heavy atom. The summed E-state index contributed by atoms with van der Waals surface area (Å²) < 4.78 is 0. The van der Waals surface area contributed by atoms with Gasteiger partial charge in [-0.2, -0.15) is 0 Å². The Kier molecular flexibility index (Phi) is 4.69. The largest absolute Gasteiger partial charge is 0.392 e. The molecule has 0 aliphatic carbocycles. The second-order valence-corrected chi connectivity index (χ2v) is 4.27. The average molecular weight is 238 g/mol. The Balaban J connectivity index is 3.12. The minimum Gasteiger partial charge on any atom is -0.392 e. The first kappa shape index (κ1) is 13.7. The third kappa shape index (κ3) is 3.30. The molecule has 0 saturated heterocycles. The maximum atomic E-state index is 9.43. The zero-order valence-corrected chi connectivity index (χ0v) is 11.3. The van der Waals surface area contributed by atoms with Gasteiger partial charge in [0.2, 0.25) is 0 Å². The van der Waals surface area contributed by atoms with Crippen LogP contribution in [-0.4, -0.2) is 41.8 Å².